The van der Waals surface area contributed by atoms with E-state index in [1.54, 1.807) is 18.3 Å². The van der Waals surface area contributed by atoms with Gasteiger partial charge in [-0.25, -0.2) is 4.79 Å². The molecule has 2 fully saturated rings. The predicted octanol–water partition coefficient (Wildman–Crippen LogP) is 2.56. The number of amides is 3. The van der Waals surface area contributed by atoms with E-state index in [4.69, 9.17) is 4.99 Å². The van der Waals surface area contributed by atoms with Gasteiger partial charge < -0.3 is 20.4 Å². The first-order chi connectivity index (χ1) is 14.0. The van der Waals surface area contributed by atoms with E-state index in [9.17, 15) is 9.59 Å². The number of guanidine groups is 1. The molecule has 0 radical (unpaired) electrons. The minimum atomic E-state index is -0.766. The topological polar surface area (TPSA) is 80.3 Å². The van der Waals surface area contributed by atoms with Gasteiger partial charge in [0.25, 0.3) is 5.91 Å². The Morgan fingerprint density at radius 2 is 2.00 bits per heavy atom. The van der Waals surface area contributed by atoms with Crippen molar-refractivity contribution in [2.75, 3.05) is 50.7 Å². The van der Waals surface area contributed by atoms with Gasteiger partial charge in [0.2, 0.25) is 0 Å². The van der Waals surface area contributed by atoms with Crippen LogP contribution in [0.3, 0.4) is 0 Å². The highest BCUT2D eigenvalue weighted by Gasteiger charge is 2.45. The largest absolute Gasteiger partial charge is 0.360 e. The molecule has 0 aromatic carbocycles. The molecular weight excluding hydrogens is 515 g/mol. The highest BCUT2D eigenvalue weighted by atomic mass is 127. The van der Waals surface area contributed by atoms with Crippen molar-refractivity contribution < 1.29 is 9.59 Å². The SMILES string of the molecule is CCNC(=NCCCN1C(=O)NC(C)(CC)C1=O)N1CCN(c2cccs2)CC1.I. The maximum atomic E-state index is 12.5. The van der Waals surface area contributed by atoms with Crippen LogP contribution in [-0.4, -0.2) is 79.0 Å². The normalized spacial score (nSPS) is 22.2. The van der Waals surface area contributed by atoms with E-state index in [1.165, 1.54) is 9.90 Å². The third-order valence-corrected chi connectivity index (χ3v) is 6.51. The van der Waals surface area contributed by atoms with Crippen molar-refractivity contribution in [1.29, 1.82) is 0 Å². The summed E-state index contributed by atoms with van der Waals surface area (Å²) in [6.45, 7) is 11.3. The summed E-state index contributed by atoms with van der Waals surface area (Å²) in [4.78, 5) is 35.3. The molecule has 2 N–H and O–H groups in total. The number of urea groups is 1. The lowest BCUT2D eigenvalue weighted by molar-refractivity contribution is -0.130. The predicted molar refractivity (Wildman–Crippen MR) is 133 cm³/mol. The second-order valence-corrected chi connectivity index (χ2v) is 8.51. The summed E-state index contributed by atoms with van der Waals surface area (Å²) in [5, 5.41) is 9.60. The molecule has 1 unspecified atom stereocenters. The molecule has 30 heavy (non-hydrogen) atoms. The van der Waals surface area contributed by atoms with E-state index in [0.29, 0.717) is 25.9 Å². The molecule has 1 atom stereocenters. The van der Waals surface area contributed by atoms with Crippen LogP contribution >= 0.6 is 35.3 Å². The van der Waals surface area contributed by atoms with Crippen molar-refractivity contribution in [1.82, 2.24) is 20.4 Å². The highest BCUT2D eigenvalue weighted by molar-refractivity contribution is 14.0. The number of nitrogens with zero attached hydrogens (tertiary/aromatic N) is 4. The number of nitrogens with one attached hydrogen (secondary N) is 2. The second kappa shape index (κ2) is 11.2. The Kier molecular flexibility index (Phi) is 9.20. The number of thiophene rings is 1. The molecular formula is C20H33IN6O2S. The Morgan fingerprint density at radius 3 is 2.57 bits per heavy atom. The van der Waals surface area contributed by atoms with E-state index in [2.05, 4.69) is 44.9 Å². The van der Waals surface area contributed by atoms with Gasteiger partial charge in [-0.1, -0.05) is 6.92 Å². The fraction of sp³-hybridized carbons (Fsp3) is 0.650. The Hall–Kier alpha value is -1.56. The molecule has 2 aliphatic rings. The van der Waals surface area contributed by atoms with Gasteiger partial charge in [0.15, 0.2) is 5.96 Å². The van der Waals surface area contributed by atoms with Crippen LogP contribution in [0.5, 0.6) is 0 Å². The Labute approximate surface area is 200 Å². The fourth-order valence-corrected chi connectivity index (χ4v) is 4.40. The van der Waals surface area contributed by atoms with Gasteiger partial charge in [-0.3, -0.25) is 14.7 Å². The minimum absolute atomic E-state index is 0. The summed E-state index contributed by atoms with van der Waals surface area (Å²) in [6.07, 6.45) is 1.25. The Balaban J connectivity index is 0.00000320. The van der Waals surface area contributed by atoms with Gasteiger partial charge in [0.1, 0.15) is 5.54 Å². The molecule has 0 saturated carbocycles. The van der Waals surface area contributed by atoms with Crippen LogP contribution in [-0.2, 0) is 4.79 Å². The van der Waals surface area contributed by atoms with Crippen LogP contribution in [0, 0.1) is 0 Å². The van der Waals surface area contributed by atoms with Crippen molar-refractivity contribution in [3.05, 3.63) is 17.5 Å². The molecule has 3 amide bonds. The van der Waals surface area contributed by atoms with E-state index < -0.39 is 5.54 Å². The second-order valence-electron chi connectivity index (χ2n) is 7.59. The number of hydrogen-bond donors (Lipinski definition) is 2. The average Bonchev–Trinajstić information content (AvgIpc) is 3.33. The molecule has 1 aromatic rings. The summed E-state index contributed by atoms with van der Waals surface area (Å²) in [5.74, 6) is 0.777. The number of aliphatic imine (C=N–C) groups is 1. The molecule has 0 bridgehead atoms. The number of hydrogen-bond acceptors (Lipinski definition) is 5. The fourth-order valence-electron chi connectivity index (χ4n) is 3.62. The highest BCUT2D eigenvalue weighted by Crippen LogP contribution is 2.23. The van der Waals surface area contributed by atoms with Crippen LogP contribution in [0.15, 0.2) is 22.5 Å². The molecule has 0 aliphatic carbocycles. The zero-order valence-corrected chi connectivity index (χ0v) is 21.2. The zero-order chi connectivity index (χ0) is 20.9. The summed E-state index contributed by atoms with van der Waals surface area (Å²) >= 11 is 1.78. The number of piperazine rings is 1. The van der Waals surface area contributed by atoms with E-state index >= 15 is 0 Å². The molecule has 3 heterocycles. The summed E-state index contributed by atoms with van der Waals surface area (Å²) in [7, 11) is 0. The Bertz CT molecular complexity index is 736. The maximum Gasteiger partial charge on any atom is 0.325 e. The van der Waals surface area contributed by atoms with Gasteiger partial charge in [-0.15, -0.1) is 35.3 Å². The van der Waals surface area contributed by atoms with Crippen LogP contribution in [0.1, 0.15) is 33.6 Å². The lowest BCUT2D eigenvalue weighted by Crippen LogP contribution is -2.52. The van der Waals surface area contributed by atoms with Crippen molar-refractivity contribution >= 4 is 58.2 Å². The lowest BCUT2D eigenvalue weighted by Gasteiger charge is -2.37. The van der Waals surface area contributed by atoms with Gasteiger partial charge in [0.05, 0.1) is 5.00 Å². The van der Waals surface area contributed by atoms with Gasteiger partial charge >= 0.3 is 6.03 Å². The third kappa shape index (κ3) is 5.57. The molecule has 8 nitrogen and oxygen atoms in total. The first-order valence-corrected chi connectivity index (χ1v) is 11.3. The lowest BCUT2D eigenvalue weighted by atomic mass is 9.99. The molecule has 2 aliphatic heterocycles. The van der Waals surface area contributed by atoms with Gasteiger partial charge in [-0.2, -0.15) is 0 Å². The van der Waals surface area contributed by atoms with E-state index in [1.807, 2.05) is 6.92 Å². The summed E-state index contributed by atoms with van der Waals surface area (Å²) in [5.41, 5.74) is -0.766. The van der Waals surface area contributed by atoms with Crippen LogP contribution in [0.2, 0.25) is 0 Å². The summed E-state index contributed by atoms with van der Waals surface area (Å²) < 4.78 is 0. The maximum absolute atomic E-state index is 12.5. The van der Waals surface area contributed by atoms with E-state index in [-0.39, 0.29) is 35.9 Å². The number of imide groups is 1. The summed E-state index contributed by atoms with van der Waals surface area (Å²) in [6, 6.07) is 3.96. The van der Waals surface area contributed by atoms with Crippen molar-refractivity contribution in [2.24, 2.45) is 4.99 Å². The minimum Gasteiger partial charge on any atom is -0.360 e. The number of anilines is 1. The molecule has 10 heteroatoms. The monoisotopic (exact) mass is 548 g/mol. The average molecular weight is 548 g/mol. The van der Waals surface area contributed by atoms with E-state index in [0.717, 1.165) is 38.7 Å². The Morgan fingerprint density at radius 1 is 1.27 bits per heavy atom. The molecule has 1 aromatic heterocycles. The first-order valence-electron chi connectivity index (χ1n) is 10.4. The van der Waals surface area contributed by atoms with Crippen LogP contribution in [0.25, 0.3) is 0 Å². The molecule has 168 valence electrons. The van der Waals surface area contributed by atoms with Crippen LogP contribution in [0.4, 0.5) is 9.80 Å². The number of rotatable bonds is 7. The molecule has 2 saturated heterocycles. The van der Waals surface area contributed by atoms with Crippen molar-refractivity contribution in [2.45, 2.75) is 39.2 Å². The smallest absolute Gasteiger partial charge is 0.325 e. The van der Waals surface area contributed by atoms with Crippen LogP contribution < -0.4 is 15.5 Å². The molecule has 3 rings (SSSR count). The standard InChI is InChI=1S/C20H32N6O2S.HI/c1-4-20(3)17(27)26(19(28)23-20)10-7-9-22-18(21-5-2)25-13-11-24(12-14-25)16-8-6-15-29-16;/h6,8,15H,4-5,7,9-14H2,1-3H3,(H,21,22)(H,23,28);1H. The van der Waals surface area contributed by atoms with Crippen molar-refractivity contribution in [3.8, 4) is 0 Å². The third-order valence-electron chi connectivity index (χ3n) is 5.59. The van der Waals surface area contributed by atoms with Gasteiger partial charge in [0, 0.05) is 45.8 Å². The number of halogens is 1. The number of carbonyl (C=O) groups is 2. The quantitative estimate of drug-likeness (QED) is 0.180. The zero-order valence-electron chi connectivity index (χ0n) is 18.0. The van der Waals surface area contributed by atoms with Crippen molar-refractivity contribution in [3.63, 3.8) is 0 Å². The first kappa shape index (κ1) is 24.7. The number of carbonyl (C=O) groups excluding carboxylic acids is 2. The van der Waals surface area contributed by atoms with Gasteiger partial charge in [-0.05, 0) is 44.2 Å². The molecule has 0 spiro atoms.